The van der Waals surface area contributed by atoms with Crippen molar-refractivity contribution < 1.29 is 18.3 Å². The van der Waals surface area contributed by atoms with E-state index in [4.69, 9.17) is 16.0 Å². The van der Waals surface area contributed by atoms with Gasteiger partial charge in [0.15, 0.2) is 11.6 Å². The van der Waals surface area contributed by atoms with Crippen LogP contribution in [0.15, 0.2) is 12.1 Å². The van der Waals surface area contributed by atoms with Crippen LogP contribution < -0.4 is 4.74 Å². The van der Waals surface area contributed by atoms with Crippen molar-refractivity contribution in [3.05, 3.63) is 35.2 Å². The molecule has 0 aromatic heterocycles. The van der Waals surface area contributed by atoms with Gasteiger partial charge in [0.05, 0.1) is 19.8 Å². The Morgan fingerprint density at radius 1 is 1.29 bits per heavy atom. The number of hydrogen-bond acceptors (Lipinski definition) is 2. The normalized spacial score (nSPS) is 16.5. The summed E-state index contributed by atoms with van der Waals surface area (Å²) < 4.78 is 37.0. The molecule has 0 atom stereocenters. The molecule has 1 aromatic carbocycles. The summed E-state index contributed by atoms with van der Waals surface area (Å²) in [5.41, 5.74) is -0.131. The Morgan fingerprint density at radius 2 is 2.00 bits per heavy atom. The molecule has 3 nitrogen and oxygen atoms in total. The van der Waals surface area contributed by atoms with Gasteiger partial charge in [-0.25, -0.2) is 13.6 Å². The Bertz CT molecular complexity index is 451. The molecular weight excluding hydrogens is 228 g/mol. The minimum atomic E-state index is -0.831. The fourth-order valence-electron chi connectivity index (χ4n) is 1.71. The van der Waals surface area contributed by atoms with Crippen LogP contribution in [0.4, 0.5) is 14.5 Å². The fourth-order valence-corrected chi connectivity index (χ4v) is 1.71. The largest absolute Gasteiger partial charge is 0.498 e. The number of ether oxygens (including phenoxy) is 2. The summed E-state index contributed by atoms with van der Waals surface area (Å²) >= 11 is 0. The van der Waals surface area contributed by atoms with E-state index in [0.717, 1.165) is 12.1 Å². The average Bonchev–Trinajstić information content (AvgIpc) is 2.33. The molecule has 5 heteroatoms. The predicted octanol–water partition coefficient (Wildman–Crippen LogP) is 3.07. The van der Waals surface area contributed by atoms with Gasteiger partial charge in [-0.05, 0) is 6.07 Å². The molecule has 0 unspecified atom stereocenters. The zero-order valence-electron chi connectivity index (χ0n) is 9.08. The Morgan fingerprint density at radius 3 is 2.65 bits per heavy atom. The lowest BCUT2D eigenvalue weighted by Crippen LogP contribution is -2.26. The first-order valence-electron chi connectivity index (χ1n) is 5.31. The van der Waals surface area contributed by atoms with E-state index in [9.17, 15) is 8.78 Å². The molecule has 1 heterocycles. The van der Waals surface area contributed by atoms with Gasteiger partial charge in [0.1, 0.15) is 11.9 Å². The van der Waals surface area contributed by atoms with Crippen LogP contribution in [0.5, 0.6) is 5.75 Å². The molecule has 1 aromatic rings. The van der Waals surface area contributed by atoms with Crippen molar-refractivity contribution in [2.45, 2.75) is 18.9 Å². The summed E-state index contributed by atoms with van der Waals surface area (Å²) in [4.78, 5) is 3.07. The van der Waals surface area contributed by atoms with Crippen molar-refractivity contribution in [1.29, 1.82) is 0 Å². The third kappa shape index (κ3) is 2.71. The fraction of sp³-hybridized carbons (Fsp3) is 0.417. The van der Waals surface area contributed by atoms with Crippen LogP contribution >= 0.6 is 0 Å². The van der Waals surface area contributed by atoms with Crippen LogP contribution in [0.2, 0.25) is 0 Å². The van der Waals surface area contributed by atoms with Crippen molar-refractivity contribution in [3.63, 3.8) is 0 Å². The molecule has 0 spiro atoms. The molecular formula is C12H11F2NO2. The van der Waals surface area contributed by atoms with Gasteiger partial charge in [0.25, 0.3) is 0 Å². The lowest BCUT2D eigenvalue weighted by atomic mass is 10.1. The molecule has 17 heavy (non-hydrogen) atoms. The average molecular weight is 239 g/mol. The molecule has 0 radical (unpaired) electrons. The van der Waals surface area contributed by atoms with Crippen molar-refractivity contribution in [3.8, 4) is 5.75 Å². The summed E-state index contributed by atoms with van der Waals surface area (Å²) in [5.74, 6) is -1.76. The lowest BCUT2D eigenvalue weighted by Gasteiger charge is -2.24. The molecule has 1 fully saturated rings. The second-order valence-corrected chi connectivity index (χ2v) is 3.78. The third-order valence-corrected chi connectivity index (χ3v) is 2.56. The Kier molecular flexibility index (Phi) is 3.55. The first-order valence-corrected chi connectivity index (χ1v) is 5.31. The maximum atomic E-state index is 13.5. The highest BCUT2D eigenvalue weighted by atomic mass is 19.1. The molecule has 0 bridgehead atoms. The van der Waals surface area contributed by atoms with E-state index in [2.05, 4.69) is 4.85 Å². The monoisotopic (exact) mass is 239 g/mol. The zero-order chi connectivity index (χ0) is 12.3. The van der Waals surface area contributed by atoms with Crippen LogP contribution in [0.1, 0.15) is 12.8 Å². The van der Waals surface area contributed by atoms with E-state index in [-0.39, 0.29) is 17.5 Å². The van der Waals surface area contributed by atoms with Crippen LogP contribution in [0, 0.1) is 18.2 Å². The van der Waals surface area contributed by atoms with E-state index >= 15 is 0 Å². The number of rotatable bonds is 2. The SMILES string of the molecule is [C-]#[N+]c1cc(F)cc(F)c1OC1CCOCC1. The van der Waals surface area contributed by atoms with Gasteiger partial charge >= 0.3 is 0 Å². The Labute approximate surface area is 97.8 Å². The van der Waals surface area contributed by atoms with E-state index in [0.29, 0.717) is 26.1 Å². The molecule has 0 saturated carbocycles. The number of halogens is 2. The van der Waals surface area contributed by atoms with E-state index in [1.165, 1.54) is 0 Å². The Hall–Kier alpha value is -1.67. The highest BCUT2D eigenvalue weighted by Gasteiger charge is 2.20. The molecule has 90 valence electrons. The first kappa shape index (κ1) is 11.8. The molecule has 1 saturated heterocycles. The van der Waals surface area contributed by atoms with Gasteiger partial charge in [0.2, 0.25) is 5.69 Å². The first-order chi connectivity index (χ1) is 8.20. The van der Waals surface area contributed by atoms with Crippen LogP contribution in [0.3, 0.4) is 0 Å². The minimum absolute atomic E-state index is 0.131. The van der Waals surface area contributed by atoms with E-state index < -0.39 is 11.6 Å². The number of nitrogens with zero attached hydrogens (tertiary/aromatic N) is 1. The zero-order valence-corrected chi connectivity index (χ0v) is 9.08. The van der Waals surface area contributed by atoms with Crippen LogP contribution in [0.25, 0.3) is 4.85 Å². The smallest absolute Gasteiger partial charge is 0.234 e. The summed E-state index contributed by atoms with van der Waals surface area (Å²) in [6, 6.07) is 1.70. The molecule has 2 rings (SSSR count). The molecule has 1 aliphatic heterocycles. The quantitative estimate of drug-likeness (QED) is 0.740. The van der Waals surface area contributed by atoms with Gasteiger partial charge < -0.3 is 9.47 Å². The predicted molar refractivity (Wildman–Crippen MR) is 57.1 cm³/mol. The Balaban J connectivity index is 2.22. The second-order valence-electron chi connectivity index (χ2n) is 3.78. The maximum Gasteiger partial charge on any atom is 0.234 e. The van der Waals surface area contributed by atoms with Crippen LogP contribution in [-0.4, -0.2) is 19.3 Å². The molecule has 0 amide bonds. The van der Waals surface area contributed by atoms with Crippen molar-refractivity contribution >= 4 is 5.69 Å². The van der Waals surface area contributed by atoms with Gasteiger partial charge in [-0.1, -0.05) is 0 Å². The highest BCUT2D eigenvalue weighted by molar-refractivity contribution is 5.58. The van der Waals surface area contributed by atoms with E-state index in [1.54, 1.807) is 0 Å². The van der Waals surface area contributed by atoms with Gasteiger partial charge in [0, 0.05) is 18.9 Å². The lowest BCUT2D eigenvalue weighted by molar-refractivity contribution is 0.0243. The summed E-state index contributed by atoms with van der Waals surface area (Å²) in [6.07, 6.45) is 1.12. The molecule has 0 N–H and O–H groups in total. The van der Waals surface area contributed by atoms with Gasteiger partial charge in [-0.3, -0.25) is 0 Å². The second kappa shape index (κ2) is 5.11. The summed E-state index contributed by atoms with van der Waals surface area (Å²) in [7, 11) is 0. The van der Waals surface area contributed by atoms with Gasteiger partial charge in [-0.15, -0.1) is 0 Å². The van der Waals surface area contributed by atoms with Crippen molar-refractivity contribution in [2.24, 2.45) is 0 Å². The minimum Gasteiger partial charge on any atom is -0.498 e. The highest BCUT2D eigenvalue weighted by Crippen LogP contribution is 2.33. The van der Waals surface area contributed by atoms with E-state index in [1.807, 2.05) is 0 Å². The summed E-state index contributed by atoms with van der Waals surface area (Å²) in [6.45, 7) is 7.99. The number of hydrogen-bond donors (Lipinski definition) is 0. The standard InChI is InChI=1S/C12H11F2NO2/c1-15-11-7-8(13)6-10(14)12(11)17-9-2-4-16-5-3-9/h6-7,9H,2-5H2. The summed E-state index contributed by atoms with van der Waals surface area (Å²) in [5, 5.41) is 0. The van der Waals surface area contributed by atoms with Crippen LogP contribution in [-0.2, 0) is 4.74 Å². The molecule has 1 aliphatic rings. The third-order valence-electron chi connectivity index (χ3n) is 2.56. The van der Waals surface area contributed by atoms with Crippen molar-refractivity contribution in [2.75, 3.05) is 13.2 Å². The molecule has 0 aliphatic carbocycles. The topological polar surface area (TPSA) is 22.8 Å². The van der Waals surface area contributed by atoms with Crippen molar-refractivity contribution in [1.82, 2.24) is 0 Å². The number of benzene rings is 1. The van der Waals surface area contributed by atoms with Gasteiger partial charge in [-0.2, -0.15) is 0 Å². The maximum absolute atomic E-state index is 13.5.